The number of aromatic nitrogens is 1. The van der Waals surface area contributed by atoms with E-state index in [1.54, 1.807) is 0 Å². The van der Waals surface area contributed by atoms with Gasteiger partial charge < -0.3 is 5.73 Å². The van der Waals surface area contributed by atoms with Gasteiger partial charge in [-0.2, -0.15) is 0 Å². The number of pyridine rings is 1. The van der Waals surface area contributed by atoms with Crippen molar-refractivity contribution < 1.29 is 0 Å². The first-order chi connectivity index (χ1) is 7.83. The molecule has 2 heterocycles. The largest absolute Gasteiger partial charge is 0.325 e. The van der Waals surface area contributed by atoms with Crippen LogP contribution in [-0.4, -0.2) is 29.0 Å². The van der Waals surface area contributed by atoms with Crippen molar-refractivity contribution in [2.75, 3.05) is 13.1 Å². The van der Waals surface area contributed by atoms with Crippen molar-refractivity contribution in [3.05, 3.63) is 42.1 Å². The number of nitrogens with two attached hydrogens (primary N) is 1. The maximum absolute atomic E-state index is 5.78. The van der Waals surface area contributed by atoms with E-state index in [9.17, 15) is 0 Å². The minimum absolute atomic E-state index is 0.364. The molecular formula is C13H15N3. The average Bonchev–Trinajstić information content (AvgIpc) is 2.27. The Bertz CT molecular complexity index is 498. The first-order valence-electron chi connectivity index (χ1n) is 5.63. The molecule has 3 heteroatoms. The van der Waals surface area contributed by atoms with Crippen LogP contribution < -0.4 is 5.73 Å². The third-order valence-electron chi connectivity index (χ3n) is 3.10. The first kappa shape index (κ1) is 9.75. The number of nitrogens with zero attached hydrogens (tertiary/aromatic N) is 2. The summed E-state index contributed by atoms with van der Waals surface area (Å²) in [6.07, 6.45) is 1.85. The summed E-state index contributed by atoms with van der Waals surface area (Å²) < 4.78 is 0. The van der Waals surface area contributed by atoms with Gasteiger partial charge in [-0.1, -0.05) is 24.3 Å². The summed E-state index contributed by atoms with van der Waals surface area (Å²) in [5, 5.41) is 1.21. The third kappa shape index (κ3) is 1.68. The Morgan fingerprint density at radius 2 is 2.06 bits per heavy atom. The smallest absolute Gasteiger partial charge is 0.0746 e. The van der Waals surface area contributed by atoms with Gasteiger partial charge in [0, 0.05) is 37.3 Å². The molecule has 0 bridgehead atoms. The molecule has 3 nitrogen and oxygen atoms in total. The monoisotopic (exact) mass is 213 g/mol. The Hall–Kier alpha value is -1.45. The molecule has 0 aliphatic carbocycles. The summed E-state index contributed by atoms with van der Waals surface area (Å²) in [6.45, 7) is 2.97. The van der Waals surface area contributed by atoms with E-state index in [2.05, 4.69) is 34.1 Å². The molecule has 0 amide bonds. The van der Waals surface area contributed by atoms with Crippen LogP contribution in [-0.2, 0) is 6.54 Å². The van der Waals surface area contributed by atoms with Crippen molar-refractivity contribution in [3.63, 3.8) is 0 Å². The van der Waals surface area contributed by atoms with Gasteiger partial charge in [0.25, 0.3) is 0 Å². The normalized spacial score (nSPS) is 17.6. The van der Waals surface area contributed by atoms with Crippen LogP contribution >= 0.6 is 0 Å². The van der Waals surface area contributed by atoms with Crippen LogP contribution in [0.3, 0.4) is 0 Å². The third-order valence-corrected chi connectivity index (χ3v) is 3.10. The molecular weight excluding hydrogens is 198 g/mol. The topological polar surface area (TPSA) is 42.1 Å². The number of benzene rings is 1. The predicted octanol–water partition coefficient (Wildman–Crippen LogP) is 1.38. The standard InChI is InChI=1S/C13H15N3/c14-12-8-16(9-12)7-11-4-1-3-10-5-2-6-15-13(10)11/h1-6,12H,7-9,14H2. The van der Waals surface area contributed by atoms with Gasteiger partial charge in [-0.15, -0.1) is 0 Å². The summed E-state index contributed by atoms with van der Waals surface area (Å²) in [4.78, 5) is 6.81. The molecule has 82 valence electrons. The van der Waals surface area contributed by atoms with Crippen molar-refractivity contribution in [2.45, 2.75) is 12.6 Å². The molecule has 16 heavy (non-hydrogen) atoms. The summed E-state index contributed by atoms with van der Waals surface area (Å²) >= 11 is 0. The van der Waals surface area contributed by atoms with Crippen LogP contribution in [0.25, 0.3) is 10.9 Å². The minimum atomic E-state index is 0.364. The lowest BCUT2D eigenvalue weighted by Gasteiger charge is -2.36. The zero-order valence-corrected chi connectivity index (χ0v) is 9.13. The molecule has 0 spiro atoms. The predicted molar refractivity (Wildman–Crippen MR) is 65.0 cm³/mol. The highest BCUT2D eigenvalue weighted by atomic mass is 15.2. The summed E-state index contributed by atoms with van der Waals surface area (Å²) in [7, 11) is 0. The van der Waals surface area contributed by atoms with E-state index in [0.717, 1.165) is 25.2 Å². The number of likely N-dealkylation sites (tertiary alicyclic amines) is 1. The van der Waals surface area contributed by atoms with E-state index in [1.165, 1.54) is 10.9 Å². The summed E-state index contributed by atoms with van der Waals surface area (Å²) in [6, 6.07) is 10.8. The Balaban J connectivity index is 1.91. The fourth-order valence-corrected chi connectivity index (χ4v) is 2.27. The van der Waals surface area contributed by atoms with Crippen molar-refractivity contribution in [1.82, 2.24) is 9.88 Å². The van der Waals surface area contributed by atoms with E-state index >= 15 is 0 Å². The molecule has 1 aromatic heterocycles. The molecule has 2 N–H and O–H groups in total. The molecule has 1 fully saturated rings. The van der Waals surface area contributed by atoms with Gasteiger partial charge in [-0.25, -0.2) is 0 Å². The lowest BCUT2D eigenvalue weighted by Crippen LogP contribution is -2.54. The fourth-order valence-electron chi connectivity index (χ4n) is 2.27. The molecule has 1 aromatic carbocycles. The van der Waals surface area contributed by atoms with E-state index in [0.29, 0.717) is 6.04 Å². The number of fused-ring (bicyclic) bond motifs is 1. The fraction of sp³-hybridized carbons (Fsp3) is 0.308. The van der Waals surface area contributed by atoms with Crippen LogP contribution in [0.5, 0.6) is 0 Å². The second kappa shape index (κ2) is 3.85. The first-order valence-corrected chi connectivity index (χ1v) is 5.63. The van der Waals surface area contributed by atoms with Crippen LogP contribution in [0.15, 0.2) is 36.5 Å². The SMILES string of the molecule is NC1CN(Cc2cccc3cccnc23)C1. The van der Waals surface area contributed by atoms with Crippen molar-refractivity contribution in [1.29, 1.82) is 0 Å². The maximum atomic E-state index is 5.78. The van der Waals surface area contributed by atoms with E-state index in [-0.39, 0.29) is 0 Å². The lowest BCUT2D eigenvalue weighted by atomic mass is 10.1. The molecule has 1 aliphatic heterocycles. The number of hydrogen-bond donors (Lipinski definition) is 1. The Kier molecular flexibility index (Phi) is 2.35. The Morgan fingerprint density at radius 3 is 2.88 bits per heavy atom. The van der Waals surface area contributed by atoms with E-state index in [4.69, 9.17) is 5.73 Å². The highest BCUT2D eigenvalue weighted by molar-refractivity contribution is 5.81. The van der Waals surface area contributed by atoms with Gasteiger partial charge in [-0.05, 0) is 11.6 Å². The van der Waals surface area contributed by atoms with E-state index < -0.39 is 0 Å². The van der Waals surface area contributed by atoms with Crippen LogP contribution in [0.1, 0.15) is 5.56 Å². The van der Waals surface area contributed by atoms with Gasteiger partial charge in [0.05, 0.1) is 5.52 Å². The molecule has 3 rings (SSSR count). The van der Waals surface area contributed by atoms with Gasteiger partial charge >= 0.3 is 0 Å². The van der Waals surface area contributed by atoms with Crippen LogP contribution in [0, 0.1) is 0 Å². The highest BCUT2D eigenvalue weighted by Crippen LogP contribution is 2.19. The van der Waals surface area contributed by atoms with E-state index in [1.807, 2.05) is 12.3 Å². The molecule has 0 radical (unpaired) electrons. The molecule has 2 aromatic rings. The second-order valence-corrected chi connectivity index (χ2v) is 4.45. The molecule has 0 unspecified atom stereocenters. The van der Waals surface area contributed by atoms with Crippen LogP contribution in [0.4, 0.5) is 0 Å². The number of rotatable bonds is 2. The zero-order chi connectivity index (χ0) is 11.0. The maximum Gasteiger partial charge on any atom is 0.0746 e. The van der Waals surface area contributed by atoms with Crippen molar-refractivity contribution in [3.8, 4) is 0 Å². The van der Waals surface area contributed by atoms with Gasteiger partial charge in [-0.3, -0.25) is 9.88 Å². The second-order valence-electron chi connectivity index (χ2n) is 4.45. The van der Waals surface area contributed by atoms with Crippen LogP contribution in [0.2, 0.25) is 0 Å². The average molecular weight is 213 g/mol. The van der Waals surface area contributed by atoms with Gasteiger partial charge in [0.2, 0.25) is 0 Å². The minimum Gasteiger partial charge on any atom is -0.325 e. The summed E-state index contributed by atoms with van der Waals surface area (Å²) in [5.41, 5.74) is 8.19. The van der Waals surface area contributed by atoms with Crippen molar-refractivity contribution in [2.24, 2.45) is 5.73 Å². The Labute approximate surface area is 94.9 Å². The zero-order valence-electron chi connectivity index (χ0n) is 9.13. The molecule has 1 saturated heterocycles. The Morgan fingerprint density at radius 1 is 1.25 bits per heavy atom. The summed E-state index contributed by atoms with van der Waals surface area (Å²) in [5.74, 6) is 0. The van der Waals surface area contributed by atoms with Gasteiger partial charge in [0.15, 0.2) is 0 Å². The van der Waals surface area contributed by atoms with Crippen molar-refractivity contribution >= 4 is 10.9 Å². The number of hydrogen-bond acceptors (Lipinski definition) is 3. The molecule has 1 aliphatic rings. The highest BCUT2D eigenvalue weighted by Gasteiger charge is 2.23. The number of para-hydroxylation sites is 1. The molecule has 0 atom stereocenters. The molecule has 0 saturated carbocycles. The van der Waals surface area contributed by atoms with Gasteiger partial charge in [0.1, 0.15) is 0 Å². The quantitative estimate of drug-likeness (QED) is 0.819. The lowest BCUT2D eigenvalue weighted by molar-refractivity contribution is 0.143.